The number of carboxylic acids is 1. The lowest BCUT2D eigenvalue weighted by Crippen LogP contribution is -2.37. The van der Waals surface area contributed by atoms with E-state index in [9.17, 15) is 9.00 Å². The van der Waals surface area contributed by atoms with Crippen LogP contribution in [-0.2, 0) is 17.3 Å². The highest BCUT2D eigenvalue weighted by Crippen LogP contribution is 2.09. The smallest absolute Gasteiger partial charge is 0.358 e. The monoisotopic (exact) mass is 244 g/mol. The highest BCUT2D eigenvalue weighted by Gasteiger charge is 2.18. The summed E-state index contributed by atoms with van der Waals surface area (Å²) < 4.78 is 16.0. The van der Waals surface area contributed by atoms with Gasteiger partial charge in [-0.15, -0.1) is 0 Å². The van der Waals surface area contributed by atoms with Gasteiger partial charge in [-0.25, -0.2) is 4.79 Å². The standard InChI is InChI=1S/C9H12N2O4S/c12-9(13)8-5-7(15-10-8)6-11-1-3-16(14)4-2-11/h5H,1-4,6H2,(H,12,13). The summed E-state index contributed by atoms with van der Waals surface area (Å²) in [6.07, 6.45) is 0. The Labute approximate surface area is 94.7 Å². The van der Waals surface area contributed by atoms with Gasteiger partial charge in [0, 0.05) is 41.5 Å². The summed E-state index contributed by atoms with van der Waals surface area (Å²) in [6.45, 7) is 2.02. The highest BCUT2D eigenvalue weighted by molar-refractivity contribution is 7.85. The van der Waals surface area contributed by atoms with Crippen molar-refractivity contribution < 1.29 is 18.6 Å². The van der Waals surface area contributed by atoms with Crippen molar-refractivity contribution in [2.75, 3.05) is 24.6 Å². The van der Waals surface area contributed by atoms with Crippen molar-refractivity contribution in [3.05, 3.63) is 17.5 Å². The van der Waals surface area contributed by atoms with Crippen LogP contribution in [0, 0.1) is 0 Å². The molecule has 0 atom stereocenters. The number of rotatable bonds is 3. The van der Waals surface area contributed by atoms with Crippen LogP contribution in [0.25, 0.3) is 0 Å². The molecule has 1 aromatic rings. The van der Waals surface area contributed by atoms with Gasteiger partial charge < -0.3 is 9.63 Å². The minimum atomic E-state index is -1.09. The summed E-state index contributed by atoms with van der Waals surface area (Å²) in [5.74, 6) is 0.777. The molecular formula is C9H12N2O4S. The number of hydrogen-bond acceptors (Lipinski definition) is 5. The highest BCUT2D eigenvalue weighted by atomic mass is 32.2. The van der Waals surface area contributed by atoms with Crippen LogP contribution in [0.5, 0.6) is 0 Å². The van der Waals surface area contributed by atoms with Crippen molar-refractivity contribution in [3.63, 3.8) is 0 Å². The molecule has 1 aromatic heterocycles. The summed E-state index contributed by atoms with van der Waals surface area (Å²) in [4.78, 5) is 12.7. The summed E-state index contributed by atoms with van der Waals surface area (Å²) in [5, 5.41) is 12.1. The first-order valence-electron chi connectivity index (χ1n) is 4.91. The van der Waals surface area contributed by atoms with Crippen molar-refractivity contribution in [1.29, 1.82) is 0 Å². The molecule has 2 rings (SSSR count). The largest absolute Gasteiger partial charge is 0.476 e. The second kappa shape index (κ2) is 4.75. The molecular weight excluding hydrogens is 232 g/mol. The zero-order chi connectivity index (χ0) is 11.5. The van der Waals surface area contributed by atoms with E-state index < -0.39 is 16.8 Å². The third-order valence-corrected chi connectivity index (χ3v) is 3.70. The van der Waals surface area contributed by atoms with Crippen LogP contribution in [0.2, 0.25) is 0 Å². The van der Waals surface area contributed by atoms with Crippen LogP contribution >= 0.6 is 0 Å². The Bertz CT molecular complexity index is 407. The van der Waals surface area contributed by atoms with Crippen molar-refractivity contribution in [3.8, 4) is 0 Å². The number of carbonyl (C=O) groups is 1. The van der Waals surface area contributed by atoms with E-state index in [4.69, 9.17) is 9.63 Å². The third-order valence-electron chi connectivity index (χ3n) is 2.43. The molecule has 0 spiro atoms. The lowest BCUT2D eigenvalue weighted by atomic mass is 10.3. The molecule has 1 fully saturated rings. The maximum atomic E-state index is 11.1. The molecule has 0 unspecified atom stereocenters. The summed E-state index contributed by atoms with van der Waals surface area (Å²) in [5.41, 5.74) is -0.0735. The fourth-order valence-corrected chi connectivity index (χ4v) is 2.67. The minimum absolute atomic E-state index is 0.0735. The van der Waals surface area contributed by atoms with Crippen molar-refractivity contribution >= 4 is 16.8 Å². The lowest BCUT2D eigenvalue weighted by Gasteiger charge is -2.24. The van der Waals surface area contributed by atoms with Crippen LogP contribution < -0.4 is 0 Å². The first-order chi connectivity index (χ1) is 7.65. The fraction of sp³-hybridized carbons (Fsp3) is 0.556. The molecule has 1 saturated heterocycles. The van der Waals surface area contributed by atoms with E-state index in [0.717, 1.165) is 13.1 Å². The fourth-order valence-electron chi connectivity index (χ4n) is 1.54. The molecule has 0 bridgehead atoms. The van der Waals surface area contributed by atoms with E-state index in [0.29, 0.717) is 23.8 Å². The van der Waals surface area contributed by atoms with Gasteiger partial charge in [-0.05, 0) is 0 Å². The SMILES string of the molecule is O=C(O)c1cc(CN2CCS(=O)CC2)on1. The van der Waals surface area contributed by atoms with Crippen LogP contribution in [-0.4, -0.2) is 49.9 Å². The Balaban J connectivity index is 1.93. The average Bonchev–Trinajstić information content (AvgIpc) is 2.70. The molecule has 2 heterocycles. The molecule has 0 radical (unpaired) electrons. The van der Waals surface area contributed by atoms with Gasteiger partial charge in [-0.3, -0.25) is 9.11 Å². The molecule has 1 aliphatic heterocycles. The Kier molecular flexibility index (Phi) is 3.35. The first kappa shape index (κ1) is 11.3. The second-order valence-electron chi connectivity index (χ2n) is 3.61. The van der Waals surface area contributed by atoms with Crippen molar-refractivity contribution in [1.82, 2.24) is 10.1 Å². The van der Waals surface area contributed by atoms with E-state index in [-0.39, 0.29) is 5.69 Å². The van der Waals surface area contributed by atoms with Gasteiger partial charge in [-0.2, -0.15) is 0 Å². The normalized spacial score (nSPS) is 18.8. The second-order valence-corrected chi connectivity index (χ2v) is 5.30. The Morgan fingerprint density at radius 3 is 2.81 bits per heavy atom. The van der Waals surface area contributed by atoms with E-state index in [1.54, 1.807) is 0 Å². The van der Waals surface area contributed by atoms with Gasteiger partial charge in [-0.1, -0.05) is 5.16 Å². The van der Waals surface area contributed by atoms with Crippen LogP contribution in [0.4, 0.5) is 0 Å². The molecule has 0 saturated carbocycles. The Morgan fingerprint density at radius 1 is 1.56 bits per heavy atom. The van der Waals surface area contributed by atoms with Gasteiger partial charge in [0.15, 0.2) is 11.5 Å². The van der Waals surface area contributed by atoms with Crippen LogP contribution in [0.15, 0.2) is 10.6 Å². The molecule has 0 aromatic carbocycles. The molecule has 0 amide bonds. The maximum Gasteiger partial charge on any atom is 0.358 e. The Morgan fingerprint density at radius 2 is 2.25 bits per heavy atom. The predicted octanol–water partition coefficient (Wildman–Crippen LogP) is -0.0629. The topological polar surface area (TPSA) is 83.6 Å². The molecule has 88 valence electrons. The quantitative estimate of drug-likeness (QED) is 0.801. The van der Waals surface area contributed by atoms with Gasteiger partial charge in [0.25, 0.3) is 0 Å². The van der Waals surface area contributed by atoms with Crippen molar-refractivity contribution in [2.24, 2.45) is 0 Å². The van der Waals surface area contributed by atoms with Crippen LogP contribution in [0.1, 0.15) is 16.2 Å². The summed E-state index contributed by atoms with van der Waals surface area (Å²) in [7, 11) is -0.703. The van der Waals surface area contributed by atoms with E-state index in [1.807, 2.05) is 0 Å². The number of nitrogens with zero attached hydrogens (tertiary/aromatic N) is 2. The molecule has 16 heavy (non-hydrogen) atoms. The minimum Gasteiger partial charge on any atom is -0.476 e. The van der Waals surface area contributed by atoms with Gasteiger partial charge in [0.2, 0.25) is 0 Å². The third kappa shape index (κ3) is 2.67. The van der Waals surface area contributed by atoms with E-state index >= 15 is 0 Å². The first-order valence-corrected chi connectivity index (χ1v) is 6.40. The summed E-state index contributed by atoms with van der Waals surface area (Å²) in [6, 6.07) is 1.42. The van der Waals surface area contributed by atoms with Crippen LogP contribution in [0.3, 0.4) is 0 Å². The molecule has 0 aliphatic carbocycles. The average molecular weight is 244 g/mol. The number of aromatic nitrogens is 1. The Hall–Kier alpha value is -1.21. The van der Waals surface area contributed by atoms with Gasteiger partial charge in [0.05, 0.1) is 6.54 Å². The molecule has 1 aliphatic rings. The van der Waals surface area contributed by atoms with E-state index in [1.165, 1.54) is 6.07 Å². The van der Waals surface area contributed by atoms with E-state index in [2.05, 4.69) is 10.1 Å². The zero-order valence-corrected chi connectivity index (χ0v) is 9.40. The number of hydrogen-bond donors (Lipinski definition) is 1. The van der Waals surface area contributed by atoms with Gasteiger partial charge >= 0.3 is 5.97 Å². The van der Waals surface area contributed by atoms with Gasteiger partial charge in [0.1, 0.15) is 0 Å². The summed E-state index contributed by atoms with van der Waals surface area (Å²) >= 11 is 0. The molecule has 7 heteroatoms. The molecule has 1 N–H and O–H groups in total. The lowest BCUT2D eigenvalue weighted by molar-refractivity contribution is 0.0685. The number of carboxylic acid groups (broad SMARTS) is 1. The number of aromatic carboxylic acids is 1. The molecule has 6 nitrogen and oxygen atoms in total. The zero-order valence-electron chi connectivity index (χ0n) is 8.59. The van der Waals surface area contributed by atoms with Crippen molar-refractivity contribution in [2.45, 2.75) is 6.54 Å². The maximum absolute atomic E-state index is 11.1. The predicted molar refractivity (Wildman–Crippen MR) is 56.6 cm³/mol.